The van der Waals surface area contributed by atoms with Crippen molar-refractivity contribution in [2.45, 2.75) is 13.5 Å². The third-order valence-corrected chi connectivity index (χ3v) is 3.52. The van der Waals surface area contributed by atoms with Gasteiger partial charge in [-0.25, -0.2) is 0 Å². The van der Waals surface area contributed by atoms with Crippen LogP contribution in [0.2, 0.25) is 10.0 Å². The molecule has 0 saturated heterocycles. The number of hydrogen-bond donors (Lipinski definition) is 1. The third-order valence-electron chi connectivity index (χ3n) is 3.08. The number of pyridine rings is 1. The van der Waals surface area contributed by atoms with Crippen LogP contribution >= 0.6 is 23.2 Å². The number of rotatable bonds is 5. The van der Waals surface area contributed by atoms with Gasteiger partial charge in [-0.05, 0) is 35.9 Å². The minimum Gasteiger partial charge on any atom is -0.350 e. The quantitative estimate of drug-likeness (QED) is 0.900. The molecule has 0 unspecified atom stereocenters. The maximum absolute atomic E-state index is 12.1. The predicted octanol–water partition coefficient (Wildman–Crippen LogP) is 3.06. The first-order valence-electron chi connectivity index (χ1n) is 6.85. The molecule has 0 aliphatic carbocycles. The average Bonchev–Trinajstić information content (AvgIpc) is 2.50. The number of carbonyl (C=O) groups excluding carboxylic acids is 2. The number of anilines is 1. The molecule has 7 heteroatoms. The molecular formula is C16H15Cl2N3O2. The van der Waals surface area contributed by atoms with Gasteiger partial charge in [-0.1, -0.05) is 23.2 Å². The summed E-state index contributed by atoms with van der Waals surface area (Å²) in [6.45, 7) is 1.63. The Kier molecular flexibility index (Phi) is 5.96. The molecule has 1 N–H and O–H groups in total. The van der Waals surface area contributed by atoms with Gasteiger partial charge in [0.2, 0.25) is 11.8 Å². The van der Waals surface area contributed by atoms with Crippen molar-refractivity contribution in [1.82, 2.24) is 10.3 Å². The van der Waals surface area contributed by atoms with Crippen LogP contribution in [-0.2, 0) is 16.1 Å². The van der Waals surface area contributed by atoms with E-state index in [1.165, 1.54) is 11.8 Å². The van der Waals surface area contributed by atoms with E-state index in [9.17, 15) is 9.59 Å². The van der Waals surface area contributed by atoms with Crippen molar-refractivity contribution < 1.29 is 9.59 Å². The fraction of sp³-hybridized carbons (Fsp3) is 0.188. The maximum atomic E-state index is 12.1. The summed E-state index contributed by atoms with van der Waals surface area (Å²) < 4.78 is 0. The Bertz CT molecular complexity index is 687. The molecule has 0 aliphatic rings. The second kappa shape index (κ2) is 7.94. The summed E-state index contributed by atoms with van der Waals surface area (Å²) in [6, 6.07) is 8.35. The molecule has 2 rings (SSSR count). The van der Waals surface area contributed by atoms with Gasteiger partial charge in [0, 0.05) is 41.6 Å². The zero-order valence-electron chi connectivity index (χ0n) is 12.4. The summed E-state index contributed by atoms with van der Waals surface area (Å²) >= 11 is 11.9. The van der Waals surface area contributed by atoms with Crippen LogP contribution < -0.4 is 10.2 Å². The van der Waals surface area contributed by atoms with Crippen LogP contribution in [0.4, 0.5) is 5.69 Å². The molecule has 0 saturated carbocycles. The van der Waals surface area contributed by atoms with Crippen LogP contribution in [0, 0.1) is 0 Å². The zero-order chi connectivity index (χ0) is 16.8. The van der Waals surface area contributed by atoms with Gasteiger partial charge in [-0.15, -0.1) is 0 Å². The van der Waals surface area contributed by atoms with E-state index < -0.39 is 0 Å². The topological polar surface area (TPSA) is 62.3 Å². The average molecular weight is 352 g/mol. The van der Waals surface area contributed by atoms with Gasteiger partial charge in [0.15, 0.2) is 0 Å². The first-order valence-corrected chi connectivity index (χ1v) is 7.61. The Hall–Kier alpha value is -2.11. The number of amides is 2. The summed E-state index contributed by atoms with van der Waals surface area (Å²) in [7, 11) is 0. The van der Waals surface area contributed by atoms with Gasteiger partial charge in [0.25, 0.3) is 0 Å². The Morgan fingerprint density at radius 3 is 2.30 bits per heavy atom. The number of aromatic nitrogens is 1. The smallest absolute Gasteiger partial charge is 0.240 e. The Labute approximate surface area is 144 Å². The van der Waals surface area contributed by atoms with Gasteiger partial charge in [0.1, 0.15) is 6.54 Å². The predicted molar refractivity (Wildman–Crippen MR) is 90.6 cm³/mol. The summed E-state index contributed by atoms with van der Waals surface area (Å²) in [5, 5.41) is 3.55. The molecule has 0 bridgehead atoms. The maximum Gasteiger partial charge on any atom is 0.240 e. The van der Waals surface area contributed by atoms with Crippen molar-refractivity contribution in [2.24, 2.45) is 0 Å². The Morgan fingerprint density at radius 2 is 1.74 bits per heavy atom. The molecule has 1 aromatic carbocycles. The van der Waals surface area contributed by atoms with Crippen molar-refractivity contribution in [3.05, 3.63) is 58.3 Å². The molecule has 0 fully saturated rings. The van der Waals surface area contributed by atoms with Crippen molar-refractivity contribution in [3.8, 4) is 0 Å². The standard InChI is InChI=1S/C16H15Cl2N3O2/c1-11(22)21(15-7-13(17)6-14(18)8-15)10-16(23)20-9-12-2-4-19-5-3-12/h2-8H,9-10H2,1H3,(H,20,23). The molecule has 5 nitrogen and oxygen atoms in total. The zero-order valence-corrected chi connectivity index (χ0v) is 13.9. The minimum atomic E-state index is -0.284. The molecule has 0 atom stereocenters. The van der Waals surface area contributed by atoms with E-state index in [1.54, 1.807) is 42.7 Å². The third kappa shape index (κ3) is 5.23. The van der Waals surface area contributed by atoms with E-state index >= 15 is 0 Å². The summed E-state index contributed by atoms with van der Waals surface area (Å²) in [5.41, 5.74) is 1.41. The second-order valence-corrected chi connectivity index (χ2v) is 5.74. The molecule has 1 heterocycles. The molecule has 0 aliphatic heterocycles. The normalized spacial score (nSPS) is 10.2. The number of benzene rings is 1. The number of halogens is 2. The number of nitrogens with one attached hydrogen (secondary N) is 1. The van der Waals surface area contributed by atoms with Crippen LogP contribution in [0.3, 0.4) is 0 Å². The number of carbonyl (C=O) groups is 2. The molecule has 23 heavy (non-hydrogen) atoms. The van der Waals surface area contributed by atoms with Gasteiger partial charge in [-0.3, -0.25) is 14.6 Å². The van der Waals surface area contributed by atoms with Crippen LogP contribution in [0.15, 0.2) is 42.7 Å². The molecule has 0 radical (unpaired) electrons. The van der Waals surface area contributed by atoms with Crippen LogP contribution in [0.5, 0.6) is 0 Å². The van der Waals surface area contributed by atoms with Crippen molar-refractivity contribution in [3.63, 3.8) is 0 Å². The molecule has 0 spiro atoms. The van der Waals surface area contributed by atoms with Crippen molar-refractivity contribution in [1.29, 1.82) is 0 Å². The molecule has 1 aromatic heterocycles. The molecular weight excluding hydrogens is 337 g/mol. The summed E-state index contributed by atoms with van der Waals surface area (Å²) in [4.78, 5) is 29.1. The highest BCUT2D eigenvalue weighted by Gasteiger charge is 2.16. The van der Waals surface area contributed by atoms with Crippen LogP contribution in [0.1, 0.15) is 12.5 Å². The van der Waals surface area contributed by atoms with E-state index in [0.717, 1.165) is 5.56 Å². The fourth-order valence-electron chi connectivity index (χ4n) is 1.98. The summed E-state index contributed by atoms with van der Waals surface area (Å²) in [5.74, 6) is -0.560. The highest BCUT2D eigenvalue weighted by Crippen LogP contribution is 2.25. The Balaban J connectivity index is 2.04. The lowest BCUT2D eigenvalue weighted by atomic mass is 10.2. The van der Waals surface area contributed by atoms with Gasteiger partial charge in [0.05, 0.1) is 0 Å². The second-order valence-electron chi connectivity index (χ2n) is 4.87. The lowest BCUT2D eigenvalue weighted by Crippen LogP contribution is -2.39. The highest BCUT2D eigenvalue weighted by atomic mass is 35.5. The lowest BCUT2D eigenvalue weighted by Gasteiger charge is -2.21. The van der Waals surface area contributed by atoms with Gasteiger partial charge < -0.3 is 10.2 Å². The largest absolute Gasteiger partial charge is 0.350 e. The van der Waals surface area contributed by atoms with Gasteiger partial charge >= 0.3 is 0 Å². The van der Waals surface area contributed by atoms with Crippen molar-refractivity contribution >= 4 is 40.7 Å². The van der Waals surface area contributed by atoms with E-state index in [4.69, 9.17) is 23.2 Å². The van der Waals surface area contributed by atoms with E-state index in [0.29, 0.717) is 22.3 Å². The monoisotopic (exact) mass is 351 g/mol. The first-order chi connectivity index (χ1) is 11.0. The van der Waals surface area contributed by atoms with Crippen LogP contribution in [-0.4, -0.2) is 23.3 Å². The van der Waals surface area contributed by atoms with E-state index in [1.807, 2.05) is 0 Å². The molecule has 2 aromatic rings. The Morgan fingerprint density at radius 1 is 1.13 bits per heavy atom. The molecule has 120 valence electrons. The number of hydrogen-bond acceptors (Lipinski definition) is 3. The van der Waals surface area contributed by atoms with E-state index in [-0.39, 0.29) is 18.4 Å². The van der Waals surface area contributed by atoms with Crippen molar-refractivity contribution in [2.75, 3.05) is 11.4 Å². The fourth-order valence-corrected chi connectivity index (χ4v) is 2.49. The van der Waals surface area contributed by atoms with E-state index in [2.05, 4.69) is 10.3 Å². The highest BCUT2D eigenvalue weighted by molar-refractivity contribution is 6.35. The first kappa shape index (κ1) is 17.2. The summed E-state index contributed by atoms with van der Waals surface area (Å²) in [6.07, 6.45) is 3.30. The SMILES string of the molecule is CC(=O)N(CC(=O)NCc1ccncc1)c1cc(Cl)cc(Cl)c1. The van der Waals surface area contributed by atoms with Crippen LogP contribution in [0.25, 0.3) is 0 Å². The lowest BCUT2D eigenvalue weighted by molar-refractivity contribution is -0.123. The number of nitrogens with zero attached hydrogens (tertiary/aromatic N) is 2. The van der Waals surface area contributed by atoms with Gasteiger partial charge in [-0.2, -0.15) is 0 Å². The minimum absolute atomic E-state index is 0.114. The molecule has 2 amide bonds.